The highest BCUT2D eigenvalue weighted by molar-refractivity contribution is 5.77. The van der Waals surface area contributed by atoms with Gasteiger partial charge >= 0.3 is 0 Å². The van der Waals surface area contributed by atoms with E-state index in [9.17, 15) is 0 Å². The van der Waals surface area contributed by atoms with Gasteiger partial charge < -0.3 is 19.7 Å². The predicted molar refractivity (Wildman–Crippen MR) is 80.4 cm³/mol. The molecule has 2 N–H and O–H groups in total. The molecular formula is C16H20N2O3. The molecule has 21 heavy (non-hydrogen) atoms. The molecule has 2 aromatic rings. The number of nitrogens with zero attached hydrogens (tertiary/aromatic N) is 1. The summed E-state index contributed by atoms with van der Waals surface area (Å²) in [5.41, 5.74) is 8.99. The third kappa shape index (κ3) is 2.61. The summed E-state index contributed by atoms with van der Waals surface area (Å²) in [5.74, 6) is 2.45. The lowest BCUT2D eigenvalue weighted by Gasteiger charge is -2.20. The molecule has 1 aliphatic heterocycles. The van der Waals surface area contributed by atoms with Gasteiger partial charge in [0.2, 0.25) is 0 Å². The van der Waals surface area contributed by atoms with Gasteiger partial charge in [-0.1, -0.05) is 17.3 Å². The van der Waals surface area contributed by atoms with Crippen molar-refractivity contribution in [2.45, 2.75) is 25.7 Å². The van der Waals surface area contributed by atoms with E-state index in [0.29, 0.717) is 11.7 Å². The van der Waals surface area contributed by atoms with Crippen molar-refractivity contribution in [2.75, 3.05) is 26.1 Å². The zero-order valence-electron chi connectivity index (χ0n) is 12.4. The van der Waals surface area contributed by atoms with Gasteiger partial charge in [-0.05, 0) is 37.0 Å². The van der Waals surface area contributed by atoms with Crippen LogP contribution in [0.15, 0.2) is 22.7 Å². The van der Waals surface area contributed by atoms with Crippen LogP contribution in [0.5, 0.6) is 5.75 Å². The van der Waals surface area contributed by atoms with Crippen molar-refractivity contribution < 1.29 is 14.0 Å². The molecule has 1 fully saturated rings. The Labute approximate surface area is 124 Å². The van der Waals surface area contributed by atoms with Gasteiger partial charge in [-0.2, -0.15) is 0 Å². The number of anilines is 1. The highest BCUT2D eigenvalue weighted by Gasteiger charge is 2.26. The molecule has 0 saturated carbocycles. The summed E-state index contributed by atoms with van der Waals surface area (Å²) in [6.45, 7) is 3.52. The molecule has 0 bridgehead atoms. The Morgan fingerprint density at radius 3 is 2.76 bits per heavy atom. The zero-order valence-corrected chi connectivity index (χ0v) is 12.4. The van der Waals surface area contributed by atoms with Crippen molar-refractivity contribution in [3.63, 3.8) is 0 Å². The fraction of sp³-hybridized carbons (Fsp3) is 0.438. The topological polar surface area (TPSA) is 70.5 Å². The summed E-state index contributed by atoms with van der Waals surface area (Å²) in [4.78, 5) is 0. The molecule has 0 radical (unpaired) electrons. The maximum absolute atomic E-state index is 6.03. The lowest BCUT2D eigenvalue weighted by Crippen LogP contribution is -2.14. The standard InChI is InChI=1S/C16H20N2O3/c1-10-3-4-12(9-13(10)19-2)14-15(21-18-16(14)17)11-5-7-20-8-6-11/h3-4,9,11H,5-8H2,1-2H3,(H2,17,18). The number of rotatable bonds is 3. The molecule has 3 rings (SSSR count). The molecule has 0 atom stereocenters. The Balaban J connectivity index is 2.03. The van der Waals surface area contributed by atoms with E-state index in [1.165, 1.54) is 0 Å². The van der Waals surface area contributed by atoms with Crippen molar-refractivity contribution in [2.24, 2.45) is 0 Å². The van der Waals surface area contributed by atoms with Crippen LogP contribution in [0.2, 0.25) is 0 Å². The summed E-state index contributed by atoms with van der Waals surface area (Å²) in [6.07, 6.45) is 1.87. The minimum atomic E-state index is 0.311. The Bertz CT molecular complexity index is 630. The Hall–Kier alpha value is -2.01. The van der Waals surface area contributed by atoms with Gasteiger partial charge in [0.15, 0.2) is 5.82 Å². The van der Waals surface area contributed by atoms with Crippen LogP contribution in [-0.4, -0.2) is 25.5 Å². The lowest BCUT2D eigenvalue weighted by molar-refractivity contribution is 0.0792. The molecule has 1 aromatic carbocycles. The van der Waals surface area contributed by atoms with Gasteiger partial charge in [-0.25, -0.2) is 0 Å². The fourth-order valence-corrected chi connectivity index (χ4v) is 2.82. The summed E-state index contributed by atoms with van der Waals surface area (Å²) < 4.78 is 16.3. The fourth-order valence-electron chi connectivity index (χ4n) is 2.82. The maximum Gasteiger partial charge on any atom is 0.175 e. The predicted octanol–water partition coefficient (Wildman–Crippen LogP) is 3.13. The van der Waals surface area contributed by atoms with Crippen LogP contribution in [0.4, 0.5) is 5.82 Å². The molecule has 5 heteroatoms. The quantitative estimate of drug-likeness (QED) is 0.939. The summed E-state index contributed by atoms with van der Waals surface area (Å²) in [6, 6.07) is 6.04. The molecule has 1 aliphatic rings. The minimum Gasteiger partial charge on any atom is -0.496 e. The average molecular weight is 288 g/mol. The first kappa shape index (κ1) is 13.9. The zero-order chi connectivity index (χ0) is 14.8. The van der Waals surface area contributed by atoms with Crippen molar-refractivity contribution in [1.29, 1.82) is 0 Å². The van der Waals surface area contributed by atoms with E-state index in [0.717, 1.165) is 54.3 Å². The van der Waals surface area contributed by atoms with Crippen LogP contribution in [0.1, 0.15) is 30.1 Å². The largest absolute Gasteiger partial charge is 0.496 e. The maximum atomic E-state index is 6.03. The van der Waals surface area contributed by atoms with Crippen molar-refractivity contribution in [3.8, 4) is 16.9 Å². The minimum absolute atomic E-state index is 0.311. The summed E-state index contributed by atoms with van der Waals surface area (Å²) >= 11 is 0. The molecule has 1 aromatic heterocycles. The number of benzene rings is 1. The van der Waals surface area contributed by atoms with Crippen LogP contribution in [-0.2, 0) is 4.74 Å². The highest BCUT2D eigenvalue weighted by Crippen LogP contribution is 2.39. The number of nitrogen functional groups attached to an aromatic ring is 1. The van der Waals surface area contributed by atoms with E-state index in [1.807, 2.05) is 25.1 Å². The number of aryl methyl sites for hydroxylation is 1. The molecule has 0 aliphatic carbocycles. The third-order valence-electron chi connectivity index (χ3n) is 4.03. The number of aromatic nitrogens is 1. The number of hydrogen-bond donors (Lipinski definition) is 1. The van der Waals surface area contributed by atoms with Gasteiger partial charge in [0.25, 0.3) is 0 Å². The van der Waals surface area contributed by atoms with E-state index in [1.54, 1.807) is 7.11 Å². The Morgan fingerprint density at radius 2 is 2.05 bits per heavy atom. The Morgan fingerprint density at radius 1 is 1.29 bits per heavy atom. The molecule has 2 heterocycles. The van der Waals surface area contributed by atoms with E-state index < -0.39 is 0 Å². The van der Waals surface area contributed by atoms with E-state index in [4.69, 9.17) is 19.7 Å². The van der Waals surface area contributed by atoms with Gasteiger partial charge in [-0.15, -0.1) is 0 Å². The number of methoxy groups -OCH3 is 1. The first-order valence-electron chi connectivity index (χ1n) is 7.18. The third-order valence-corrected chi connectivity index (χ3v) is 4.03. The SMILES string of the molecule is COc1cc(-c2c(N)noc2C2CCOCC2)ccc1C. The van der Waals surface area contributed by atoms with Crippen molar-refractivity contribution in [1.82, 2.24) is 5.16 Å². The molecule has 0 spiro atoms. The van der Waals surface area contributed by atoms with Crippen molar-refractivity contribution in [3.05, 3.63) is 29.5 Å². The number of nitrogens with two attached hydrogens (primary N) is 1. The van der Waals surface area contributed by atoms with Gasteiger partial charge in [0, 0.05) is 19.1 Å². The molecule has 0 unspecified atom stereocenters. The second kappa shape index (κ2) is 5.77. The van der Waals surface area contributed by atoms with Crippen molar-refractivity contribution >= 4 is 5.82 Å². The summed E-state index contributed by atoms with van der Waals surface area (Å²) in [5, 5.41) is 3.97. The van der Waals surface area contributed by atoms with E-state index in [2.05, 4.69) is 5.16 Å². The first-order chi connectivity index (χ1) is 10.2. The van der Waals surface area contributed by atoms with E-state index in [-0.39, 0.29) is 0 Å². The van der Waals surface area contributed by atoms with Crippen LogP contribution in [0, 0.1) is 6.92 Å². The van der Waals surface area contributed by atoms with Gasteiger partial charge in [0.05, 0.1) is 12.7 Å². The summed E-state index contributed by atoms with van der Waals surface area (Å²) in [7, 11) is 1.67. The second-order valence-electron chi connectivity index (χ2n) is 5.38. The van der Waals surface area contributed by atoms with E-state index >= 15 is 0 Å². The number of hydrogen-bond acceptors (Lipinski definition) is 5. The van der Waals surface area contributed by atoms with Gasteiger partial charge in [-0.3, -0.25) is 0 Å². The molecule has 0 amide bonds. The normalized spacial score (nSPS) is 16.1. The van der Waals surface area contributed by atoms with Crippen LogP contribution in [0.25, 0.3) is 11.1 Å². The molecule has 1 saturated heterocycles. The van der Waals surface area contributed by atoms with Crippen LogP contribution in [0.3, 0.4) is 0 Å². The second-order valence-corrected chi connectivity index (χ2v) is 5.38. The number of ether oxygens (including phenoxy) is 2. The molecule has 5 nitrogen and oxygen atoms in total. The molecular weight excluding hydrogens is 268 g/mol. The Kier molecular flexibility index (Phi) is 3.84. The monoisotopic (exact) mass is 288 g/mol. The van der Waals surface area contributed by atoms with Gasteiger partial charge in [0.1, 0.15) is 11.5 Å². The average Bonchev–Trinajstić information content (AvgIpc) is 2.90. The smallest absolute Gasteiger partial charge is 0.175 e. The first-order valence-corrected chi connectivity index (χ1v) is 7.18. The highest BCUT2D eigenvalue weighted by atomic mass is 16.5. The molecule has 112 valence electrons. The van der Waals surface area contributed by atoms with Crippen LogP contribution >= 0.6 is 0 Å². The van der Waals surface area contributed by atoms with Crippen LogP contribution < -0.4 is 10.5 Å². The lowest BCUT2D eigenvalue weighted by atomic mass is 9.91.